The van der Waals surface area contributed by atoms with Gasteiger partial charge in [0.15, 0.2) is 0 Å². The first kappa shape index (κ1) is 14.8. The second-order valence-corrected chi connectivity index (χ2v) is 5.27. The first-order valence-electron chi connectivity index (χ1n) is 6.35. The van der Waals surface area contributed by atoms with E-state index in [0.29, 0.717) is 11.4 Å². The molecule has 21 heavy (non-hydrogen) atoms. The third-order valence-electron chi connectivity index (χ3n) is 3.50. The Labute approximate surface area is 121 Å². The molecule has 0 saturated carbocycles. The lowest BCUT2D eigenvalue weighted by Gasteiger charge is -2.41. The number of carbonyl (C=O) groups is 2. The SMILES string of the molecule is CNc1cc(N2CC(=O)NC(=O)C2(C)C)cc([N+](=O)[O-])c1. The van der Waals surface area contributed by atoms with Gasteiger partial charge in [-0.2, -0.15) is 0 Å². The molecule has 0 aliphatic carbocycles. The summed E-state index contributed by atoms with van der Waals surface area (Å²) in [7, 11) is 1.64. The van der Waals surface area contributed by atoms with Gasteiger partial charge in [0.05, 0.1) is 11.5 Å². The van der Waals surface area contributed by atoms with E-state index >= 15 is 0 Å². The quantitative estimate of drug-likeness (QED) is 0.487. The van der Waals surface area contributed by atoms with Crippen molar-refractivity contribution >= 4 is 28.9 Å². The predicted molar refractivity (Wildman–Crippen MR) is 77.2 cm³/mol. The number of rotatable bonds is 3. The molecule has 1 aromatic rings. The van der Waals surface area contributed by atoms with Gasteiger partial charge in [-0.25, -0.2) is 0 Å². The van der Waals surface area contributed by atoms with Gasteiger partial charge in [-0.3, -0.25) is 25.0 Å². The lowest BCUT2D eigenvalue weighted by molar-refractivity contribution is -0.384. The number of non-ortho nitro benzene ring substituents is 1. The van der Waals surface area contributed by atoms with Gasteiger partial charge >= 0.3 is 0 Å². The topological polar surface area (TPSA) is 105 Å². The first-order chi connectivity index (χ1) is 9.75. The summed E-state index contributed by atoms with van der Waals surface area (Å²) in [5, 5.41) is 16.1. The van der Waals surface area contributed by atoms with Crippen LogP contribution in [0.1, 0.15) is 13.8 Å². The Bertz CT molecular complexity index is 627. The van der Waals surface area contributed by atoms with E-state index in [0.717, 1.165) is 0 Å². The molecule has 0 aromatic heterocycles. The number of nitro groups is 1. The molecule has 0 radical (unpaired) electrons. The maximum atomic E-state index is 12.0. The summed E-state index contributed by atoms with van der Waals surface area (Å²) in [6.45, 7) is 3.28. The molecule has 1 aromatic carbocycles. The van der Waals surface area contributed by atoms with Crippen LogP contribution in [0.5, 0.6) is 0 Å². The van der Waals surface area contributed by atoms with Crippen molar-refractivity contribution in [1.29, 1.82) is 0 Å². The van der Waals surface area contributed by atoms with Crippen LogP contribution in [-0.2, 0) is 9.59 Å². The normalized spacial score (nSPS) is 17.4. The van der Waals surface area contributed by atoms with Crippen LogP contribution in [0.25, 0.3) is 0 Å². The fourth-order valence-corrected chi connectivity index (χ4v) is 2.20. The van der Waals surface area contributed by atoms with Gasteiger partial charge < -0.3 is 10.2 Å². The minimum Gasteiger partial charge on any atom is -0.388 e. The summed E-state index contributed by atoms with van der Waals surface area (Å²) in [6, 6.07) is 4.41. The highest BCUT2D eigenvalue weighted by Gasteiger charge is 2.41. The fourth-order valence-electron chi connectivity index (χ4n) is 2.20. The number of nitrogens with one attached hydrogen (secondary N) is 2. The number of anilines is 2. The van der Waals surface area contributed by atoms with Crippen molar-refractivity contribution in [3.63, 3.8) is 0 Å². The van der Waals surface area contributed by atoms with E-state index in [1.165, 1.54) is 12.1 Å². The minimum atomic E-state index is -0.978. The van der Waals surface area contributed by atoms with E-state index in [-0.39, 0.29) is 12.2 Å². The number of carbonyl (C=O) groups excluding carboxylic acids is 2. The van der Waals surface area contributed by atoms with Crippen molar-refractivity contribution in [2.45, 2.75) is 19.4 Å². The zero-order valence-corrected chi connectivity index (χ0v) is 12.0. The molecule has 0 bridgehead atoms. The van der Waals surface area contributed by atoms with Crippen LogP contribution in [0, 0.1) is 10.1 Å². The van der Waals surface area contributed by atoms with E-state index in [2.05, 4.69) is 10.6 Å². The Morgan fingerprint density at radius 3 is 2.57 bits per heavy atom. The van der Waals surface area contributed by atoms with Crippen LogP contribution in [0.2, 0.25) is 0 Å². The minimum absolute atomic E-state index is 0.0386. The van der Waals surface area contributed by atoms with Crippen molar-refractivity contribution < 1.29 is 14.5 Å². The molecule has 2 N–H and O–H groups in total. The third-order valence-corrected chi connectivity index (χ3v) is 3.50. The van der Waals surface area contributed by atoms with Crippen molar-refractivity contribution in [2.75, 3.05) is 23.8 Å². The summed E-state index contributed by atoms with van der Waals surface area (Å²) in [4.78, 5) is 35.6. The number of nitrogens with zero attached hydrogens (tertiary/aromatic N) is 2. The molecule has 2 rings (SSSR count). The zero-order chi connectivity index (χ0) is 15.8. The molecule has 1 fully saturated rings. The van der Waals surface area contributed by atoms with Crippen molar-refractivity contribution in [2.24, 2.45) is 0 Å². The van der Waals surface area contributed by atoms with E-state index in [1.54, 1.807) is 31.9 Å². The van der Waals surface area contributed by atoms with Crippen molar-refractivity contribution in [3.05, 3.63) is 28.3 Å². The number of piperazine rings is 1. The Balaban J connectivity index is 2.53. The van der Waals surface area contributed by atoms with Gasteiger partial charge in [-0.15, -0.1) is 0 Å². The summed E-state index contributed by atoms with van der Waals surface area (Å²) in [5.74, 6) is -0.867. The largest absolute Gasteiger partial charge is 0.388 e. The van der Waals surface area contributed by atoms with Gasteiger partial charge in [0.2, 0.25) is 5.91 Å². The molecule has 1 heterocycles. The highest BCUT2D eigenvalue weighted by atomic mass is 16.6. The fraction of sp³-hybridized carbons (Fsp3) is 0.385. The number of imide groups is 1. The zero-order valence-electron chi connectivity index (χ0n) is 12.0. The summed E-state index contributed by atoms with van der Waals surface area (Å²) in [5.41, 5.74) is -0.102. The van der Waals surface area contributed by atoms with Crippen LogP contribution < -0.4 is 15.5 Å². The monoisotopic (exact) mass is 292 g/mol. The van der Waals surface area contributed by atoms with Crippen LogP contribution >= 0.6 is 0 Å². The Kier molecular flexibility index (Phi) is 3.54. The molecule has 1 aliphatic rings. The van der Waals surface area contributed by atoms with E-state index in [9.17, 15) is 19.7 Å². The number of amides is 2. The number of benzene rings is 1. The highest BCUT2D eigenvalue weighted by molar-refractivity contribution is 6.06. The third kappa shape index (κ3) is 2.64. The predicted octanol–water partition coefficient (Wildman–Crippen LogP) is 0.878. The molecule has 1 saturated heterocycles. The molecular weight excluding hydrogens is 276 g/mol. The van der Waals surface area contributed by atoms with Crippen LogP contribution in [0.15, 0.2) is 18.2 Å². The first-order valence-corrected chi connectivity index (χ1v) is 6.35. The second-order valence-electron chi connectivity index (χ2n) is 5.27. The standard InChI is InChI=1S/C13H16N4O4/c1-13(2)12(19)15-11(18)7-16(13)9-4-8(14-3)5-10(6-9)17(20)21/h4-6,14H,7H2,1-3H3,(H,15,18,19). The molecule has 2 amide bonds. The molecule has 0 unspecified atom stereocenters. The van der Waals surface area contributed by atoms with Crippen LogP contribution in [-0.4, -0.2) is 35.9 Å². The Morgan fingerprint density at radius 2 is 2.00 bits per heavy atom. The molecule has 112 valence electrons. The summed E-state index contributed by atoms with van der Waals surface area (Å²) >= 11 is 0. The lowest BCUT2D eigenvalue weighted by Crippen LogP contribution is -2.64. The maximum absolute atomic E-state index is 12.0. The molecular formula is C13H16N4O4. The number of nitro benzene ring substituents is 1. The maximum Gasteiger partial charge on any atom is 0.273 e. The Morgan fingerprint density at radius 1 is 1.33 bits per heavy atom. The molecule has 8 nitrogen and oxygen atoms in total. The summed E-state index contributed by atoms with van der Waals surface area (Å²) < 4.78 is 0. The number of hydrogen-bond donors (Lipinski definition) is 2. The van der Waals surface area contributed by atoms with Gasteiger partial charge in [-0.1, -0.05) is 0 Å². The average Bonchev–Trinajstić information content (AvgIpc) is 2.42. The van der Waals surface area contributed by atoms with Crippen LogP contribution in [0.4, 0.5) is 17.1 Å². The van der Waals surface area contributed by atoms with Gasteiger partial charge in [0, 0.05) is 30.6 Å². The Hall–Kier alpha value is -2.64. The van der Waals surface area contributed by atoms with Gasteiger partial charge in [-0.05, 0) is 19.9 Å². The molecule has 0 spiro atoms. The highest BCUT2D eigenvalue weighted by Crippen LogP contribution is 2.32. The van der Waals surface area contributed by atoms with E-state index in [1.807, 2.05) is 0 Å². The smallest absolute Gasteiger partial charge is 0.273 e. The van der Waals surface area contributed by atoms with E-state index < -0.39 is 22.3 Å². The van der Waals surface area contributed by atoms with E-state index in [4.69, 9.17) is 0 Å². The van der Waals surface area contributed by atoms with Crippen LogP contribution in [0.3, 0.4) is 0 Å². The average molecular weight is 292 g/mol. The van der Waals surface area contributed by atoms with Gasteiger partial charge in [0.1, 0.15) is 5.54 Å². The second kappa shape index (κ2) is 5.04. The molecule has 0 atom stereocenters. The molecule has 8 heteroatoms. The lowest BCUT2D eigenvalue weighted by atomic mass is 9.97. The number of hydrogen-bond acceptors (Lipinski definition) is 6. The summed E-state index contributed by atoms with van der Waals surface area (Å²) in [6.07, 6.45) is 0. The van der Waals surface area contributed by atoms with Gasteiger partial charge in [0.25, 0.3) is 11.6 Å². The van der Waals surface area contributed by atoms with Crippen molar-refractivity contribution in [3.8, 4) is 0 Å². The molecule has 1 aliphatic heterocycles. The van der Waals surface area contributed by atoms with Crippen molar-refractivity contribution in [1.82, 2.24) is 5.32 Å².